The fraction of sp³-hybridized carbons (Fsp3) is 0.316. The van der Waals surface area contributed by atoms with Crippen molar-refractivity contribution in [3.63, 3.8) is 0 Å². The molecule has 0 radical (unpaired) electrons. The molecule has 0 aliphatic rings. The molecule has 0 aliphatic carbocycles. The number of nitro benzene ring substituents is 1. The maximum atomic E-state index is 13.7. The summed E-state index contributed by atoms with van der Waals surface area (Å²) in [4.78, 5) is 14.7. The van der Waals surface area contributed by atoms with Gasteiger partial charge in [-0.25, -0.2) is 22.5 Å². The number of rotatable bonds is 10. The van der Waals surface area contributed by atoms with E-state index in [2.05, 4.69) is 20.3 Å². The normalized spacial score (nSPS) is 11.5. The lowest BCUT2D eigenvalue weighted by Crippen LogP contribution is -2.42. The minimum atomic E-state index is -3.29. The number of sulfonamides is 1. The first kappa shape index (κ1) is 26.7. The van der Waals surface area contributed by atoms with E-state index in [1.165, 1.54) is 18.2 Å². The van der Waals surface area contributed by atoms with E-state index in [4.69, 9.17) is 0 Å². The number of hydrogen-bond donors (Lipinski definition) is 3. The summed E-state index contributed by atoms with van der Waals surface area (Å²) < 4.78 is 38.4. The van der Waals surface area contributed by atoms with Gasteiger partial charge in [0.25, 0.3) is 5.69 Å². The quantitative estimate of drug-likeness (QED) is 0.101. The molecule has 0 saturated heterocycles. The van der Waals surface area contributed by atoms with Crippen molar-refractivity contribution < 1.29 is 17.7 Å². The molecule has 0 bridgehead atoms. The maximum absolute atomic E-state index is 13.7. The molecule has 2 aromatic carbocycles. The molecule has 12 heteroatoms. The fourth-order valence-corrected chi connectivity index (χ4v) is 2.97. The molecular formula is C19H25FIN5O4S. The minimum absolute atomic E-state index is 0. The second-order valence-corrected chi connectivity index (χ2v) is 8.28. The van der Waals surface area contributed by atoms with Crippen LogP contribution in [0, 0.1) is 15.9 Å². The number of aliphatic imine (C=N–C) groups is 1. The van der Waals surface area contributed by atoms with Gasteiger partial charge in [0.15, 0.2) is 5.96 Å². The predicted octanol–water partition coefficient (Wildman–Crippen LogP) is 2.18. The number of nitrogens with zero attached hydrogens (tertiary/aromatic N) is 2. The fourth-order valence-electron chi connectivity index (χ4n) is 2.50. The summed E-state index contributed by atoms with van der Waals surface area (Å²) in [7, 11) is -3.29. The summed E-state index contributed by atoms with van der Waals surface area (Å²) in [6.45, 7) is 1.13. The van der Waals surface area contributed by atoms with Gasteiger partial charge in [-0.15, -0.1) is 24.0 Å². The van der Waals surface area contributed by atoms with Gasteiger partial charge < -0.3 is 10.6 Å². The molecule has 9 nitrogen and oxygen atoms in total. The molecule has 170 valence electrons. The van der Waals surface area contributed by atoms with Gasteiger partial charge in [-0.1, -0.05) is 30.3 Å². The van der Waals surface area contributed by atoms with Crippen LogP contribution in [0.25, 0.3) is 0 Å². The first-order chi connectivity index (χ1) is 14.2. The van der Waals surface area contributed by atoms with Crippen LogP contribution in [0.5, 0.6) is 0 Å². The highest BCUT2D eigenvalue weighted by molar-refractivity contribution is 14.0. The molecule has 0 heterocycles. The smallest absolute Gasteiger partial charge is 0.269 e. The highest BCUT2D eigenvalue weighted by Gasteiger charge is 2.06. The third-order valence-corrected chi connectivity index (χ3v) is 4.72. The first-order valence-corrected chi connectivity index (χ1v) is 11.1. The Morgan fingerprint density at radius 3 is 2.32 bits per heavy atom. The Kier molecular flexibility index (Phi) is 11.3. The molecule has 3 N–H and O–H groups in total. The molecule has 0 spiro atoms. The number of hydrogen-bond acceptors (Lipinski definition) is 5. The highest BCUT2D eigenvalue weighted by Crippen LogP contribution is 2.12. The van der Waals surface area contributed by atoms with Crippen molar-refractivity contribution in [2.45, 2.75) is 13.0 Å². The number of nitro groups is 1. The van der Waals surface area contributed by atoms with E-state index < -0.39 is 14.9 Å². The van der Waals surface area contributed by atoms with E-state index in [1.807, 2.05) is 0 Å². The minimum Gasteiger partial charge on any atom is -0.356 e. The molecule has 0 saturated carbocycles. The zero-order chi connectivity index (χ0) is 22.0. The van der Waals surface area contributed by atoms with Gasteiger partial charge in [0.2, 0.25) is 10.0 Å². The van der Waals surface area contributed by atoms with Gasteiger partial charge in [-0.3, -0.25) is 10.1 Å². The molecule has 31 heavy (non-hydrogen) atoms. The van der Waals surface area contributed by atoms with E-state index in [9.17, 15) is 22.9 Å². The van der Waals surface area contributed by atoms with Crippen LogP contribution in [-0.2, 0) is 23.0 Å². The second-order valence-electron chi connectivity index (χ2n) is 6.45. The van der Waals surface area contributed by atoms with Crippen LogP contribution in [0.15, 0.2) is 53.5 Å². The molecule has 0 unspecified atom stereocenters. The molecule has 0 amide bonds. The molecule has 2 rings (SSSR count). The Hall–Kier alpha value is -2.32. The Morgan fingerprint density at radius 1 is 1.06 bits per heavy atom. The summed E-state index contributed by atoms with van der Waals surface area (Å²) in [5, 5.41) is 16.8. The van der Waals surface area contributed by atoms with Gasteiger partial charge in [0, 0.05) is 31.8 Å². The summed E-state index contributed by atoms with van der Waals surface area (Å²) in [6, 6.07) is 12.5. The van der Waals surface area contributed by atoms with Gasteiger partial charge in [0.1, 0.15) is 5.82 Å². The second kappa shape index (κ2) is 13.2. The Balaban J connectivity index is 0.00000480. The Bertz CT molecular complexity index is 987. The van der Waals surface area contributed by atoms with Crippen molar-refractivity contribution in [3.8, 4) is 0 Å². The largest absolute Gasteiger partial charge is 0.356 e. The lowest BCUT2D eigenvalue weighted by Gasteiger charge is -2.13. The van der Waals surface area contributed by atoms with E-state index in [0.717, 1.165) is 11.8 Å². The van der Waals surface area contributed by atoms with Crippen molar-refractivity contribution in [2.24, 2.45) is 4.99 Å². The van der Waals surface area contributed by atoms with Gasteiger partial charge in [0.05, 0.1) is 17.7 Å². The molecule has 0 aromatic heterocycles. The lowest BCUT2D eigenvalue weighted by atomic mass is 10.1. The van der Waals surface area contributed by atoms with E-state index in [-0.39, 0.29) is 48.6 Å². The SMILES string of the molecule is CS(=O)(=O)NCCNC(=NCc1ccc([N+](=O)[O-])cc1)NCCc1ccccc1F.I. The van der Waals surface area contributed by atoms with Crippen molar-refractivity contribution in [2.75, 3.05) is 25.9 Å². The van der Waals surface area contributed by atoms with Gasteiger partial charge >= 0.3 is 0 Å². The standard InChI is InChI=1S/C19H24FN5O4S.HI/c1-30(28,29)24-13-12-22-19(21-11-10-16-4-2-3-5-18(16)20)23-14-15-6-8-17(9-7-15)25(26)27;/h2-9,24H,10-14H2,1H3,(H2,21,22,23);1H. The first-order valence-electron chi connectivity index (χ1n) is 9.18. The Morgan fingerprint density at radius 2 is 1.71 bits per heavy atom. The third-order valence-electron chi connectivity index (χ3n) is 3.99. The molecule has 0 fully saturated rings. The van der Waals surface area contributed by atoms with Crippen LogP contribution in [0.1, 0.15) is 11.1 Å². The summed E-state index contributed by atoms with van der Waals surface area (Å²) in [5.41, 5.74) is 1.33. The van der Waals surface area contributed by atoms with E-state index >= 15 is 0 Å². The lowest BCUT2D eigenvalue weighted by molar-refractivity contribution is -0.384. The molecule has 0 atom stereocenters. The van der Waals surface area contributed by atoms with Crippen LogP contribution in [-0.4, -0.2) is 45.2 Å². The summed E-state index contributed by atoms with van der Waals surface area (Å²) >= 11 is 0. The number of nitrogens with one attached hydrogen (secondary N) is 3. The van der Waals surface area contributed by atoms with Crippen molar-refractivity contribution in [1.82, 2.24) is 15.4 Å². The number of non-ortho nitro benzene ring substituents is 1. The Labute approximate surface area is 197 Å². The average molecular weight is 565 g/mol. The van der Waals surface area contributed by atoms with Crippen LogP contribution in [0.3, 0.4) is 0 Å². The van der Waals surface area contributed by atoms with Crippen LogP contribution >= 0.6 is 24.0 Å². The van der Waals surface area contributed by atoms with Crippen molar-refractivity contribution in [1.29, 1.82) is 0 Å². The van der Waals surface area contributed by atoms with E-state index in [1.54, 1.807) is 30.3 Å². The molecular weight excluding hydrogens is 540 g/mol. The maximum Gasteiger partial charge on any atom is 0.269 e. The number of guanidine groups is 1. The molecule has 0 aliphatic heterocycles. The van der Waals surface area contributed by atoms with E-state index in [0.29, 0.717) is 31.0 Å². The number of benzene rings is 2. The average Bonchev–Trinajstić information content (AvgIpc) is 2.69. The summed E-state index contributed by atoms with van der Waals surface area (Å²) in [5.74, 6) is 0.133. The van der Waals surface area contributed by atoms with Gasteiger partial charge in [-0.05, 0) is 23.6 Å². The zero-order valence-corrected chi connectivity index (χ0v) is 20.0. The summed E-state index contributed by atoms with van der Waals surface area (Å²) in [6.07, 6.45) is 1.51. The van der Waals surface area contributed by atoms with Crippen LogP contribution in [0.4, 0.5) is 10.1 Å². The number of halogens is 2. The van der Waals surface area contributed by atoms with Crippen molar-refractivity contribution >= 4 is 45.6 Å². The zero-order valence-electron chi connectivity index (χ0n) is 16.9. The predicted molar refractivity (Wildman–Crippen MR) is 129 cm³/mol. The van der Waals surface area contributed by atoms with Gasteiger partial charge in [-0.2, -0.15) is 0 Å². The third kappa shape index (κ3) is 10.5. The highest BCUT2D eigenvalue weighted by atomic mass is 127. The van der Waals surface area contributed by atoms with Crippen molar-refractivity contribution in [3.05, 3.63) is 75.6 Å². The molecule has 2 aromatic rings. The van der Waals surface area contributed by atoms with Crippen LogP contribution < -0.4 is 15.4 Å². The van der Waals surface area contributed by atoms with Crippen LogP contribution in [0.2, 0.25) is 0 Å². The monoisotopic (exact) mass is 565 g/mol. The topological polar surface area (TPSA) is 126 Å².